The van der Waals surface area contributed by atoms with Crippen LogP contribution < -0.4 is 5.32 Å². The summed E-state index contributed by atoms with van der Waals surface area (Å²) in [6.45, 7) is 7.79. The van der Waals surface area contributed by atoms with E-state index in [9.17, 15) is 4.79 Å². The molecular weight excluding hydrogens is 252 g/mol. The predicted octanol–water partition coefficient (Wildman–Crippen LogP) is 4.06. The third kappa shape index (κ3) is 2.90. The first-order valence-corrected chi connectivity index (χ1v) is 6.85. The van der Waals surface area contributed by atoms with Crippen LogP contribution in [0.15, 0.2) is 28.8 Å². The summed E-state index contributed by atoms with van der Waals surface area (Å²) >= 11 is 0. The van der Waals surface area contributed by atoms with E-state index in [4.69, 9.17) is 4.52 Å². The summed E-state index contributed by atoms with van der Waals surface area (Å²) in [5, 5.41) is 7.37. The van der Waals surface area contributed by atoms with Gasteiger partial charge in [-0.15, -0.1) is 0 Å². The topological polar surface area (TPSA) is 55.1 Å². The number of benzene rings is 1. The van der Waals surface area contributed by atoms with E-state index < -0.39 is 0 Å². The van der Waals surface area contributed by atoms with Gasteiger partial charge in [-0.25, -0.2) is 0 Å². The zero-order chi connectivity index (χ0) is 14.7. The Labute approximate surface area is 119 Å². The van der Waals surface area contributed by atoms with E-state index in [0.717, 1.165) is 28.3 Å². The zero-order valence-corrected chi connectivity index (χ0v) is 12.4. The molecule has 2 rings (SSSR count). The van der Waals surface area contributed by atoms with Crippen LogP contribution in [0.25, 0.3) is 0 Å². The number of aryl methyl sites for hydroxylation is 2. The third-order valence-electron chi connectivity index (χ3n) is 3.43. The van der Waals surface area contributed by atoms with E-state index in [0.29, 0.717) is 6.42 Å². The molecule has 0 aliphatic heterocycles. The van der Waals surface area contributed by atoms with Crippen molar-refractivity contribution in [2.24, 2.45) is 0 Å². The second-order valence-corrected chi connectivity index (χ2v) is 4.96. The lowest BCUT2D eigenvalue weighted by molar-refractivity contribution is 0.0988. The molecule has 2 aromatic rings. The van der Waals surface area contributed by atoms with Gasteiger partial charge >= 0.3 is 0 Å². The fourth-order valence-electron chi connectivity index (χ4n) is 2.39. The Kier molecular flexibility index (Phi) is 4.23. The Morgan fingerprint density at radius 2 is 1.95 bits per heavy atom. The van der Waals surface area contributed by atoms with Crippen molar-refractivity contribution in [1.82, 2.24) is 5.16 Å². The van der Waals surface area contributed by atoms with Gasteiger partial charge in [0.1, 0.15) is 5.76 Å². The van der Waals surface area contributed by atoms with Crippen molar-refractivity contribution in [3.05, 3.63) is 46.8 Å². The lowest BCUT2D eigenvalue weighted by atomic mass is 10.1. The molecule has 0 saturated carbocycles. The molecule has 0 spiro atoms. The van der Waals surface area contributed by atoms with Gasteiger partial charge in [-0.1, -0.05) is 12.1 Å². The second kappa shape index (κ2) is 5.90. The van der Waals surface area contributed by atoms with Crippen molar-refractivity contribution in [2.45, 2.75) is 40.2 Å². The number of aromatic nitrogens is 1. The summed E-state index contributed by atoms with van der Waals surface area (Å²) in [5.41, 5.74) is 3.71. The minimum Gasteiger partial charge on any atom is -0.378 e. The number of carbonyl (C=O) groups excluding carboxylic acids is 1. The van der Waals surface area contributed by atoms with Crippen LogP contribution in [0.4, 0.5) is 5.69 Å². The van der Waals surface area contributed by atoms with Gasteiger partial charge in [-0.2, -0.15) is 0 Å². The van der Waals surface area contributed by atoms with Gasteiger partial charge < -0.3 is 9.84 Å². The van der Waals surface area contributed by atoms with Crippen LogP contribution in [0, 0.1) is 13.8 Å². The van der Waals surface area contributed by atoms with Gasteiger partial charge in [0.25, 0.3) is 0 Å². The van der Waals surface area contributed by atoms with Crippen molar-refractivity contribution in [3.8, 4) is 0 Å². The van der Waals surface area contributed by atoms with Crippen LogP contribution in [-0.4, -0.2) is 10.9 Å². The Hall–Kier alpha value is -2.10. The molecular formula is C16H20N2O2. The largest absolute Gasteiger partial charge is 0.378 e. The van der Waals surface area contributed by atoms with Crippen LogP contribution >= 0.6 is 0 Å². The fraction of sp³-hybridized carbons (Fsp3) is 0.375. The average Bonchev–Trinajstić information content (AvgIpc) is 2.78. The van der Waals surface area contributed by atoms with Gasteiger partial charge in [0, 0.05) is 23.2 Å². The number of ketones is 1. The molecule has 106 valence electrons. The van der Waals surface area contributed by atoms with Gasteiger partial charge in [0.15, 0.2) is 5.78 Å². The van der Waals surface area contributed by atoms with E-state index in [2.05, 4.69) is 17.4 Å². The summed E-state index contributed by atoms with van der Waals surface area (Å²) in [7, 11) is 0. The number of hydrogen-bond acceptors (Lipinski definition) is 4. The van der Waals surface area contributed by atoms with Crippen LogP contribution in [0.5, 0.6) is 0 Å². The SMILES string of the molecule is CCC(=O)c1ccc(NC(C)c2c(C)noc2C)cc1. The van der Waals surface area contributed by atoms with Crippen molar-refractivity contribution in [3.63, 3.8) is 0 Å². The third-order valence-corrected chi connectivity index (χ3v) is 3.43. The highest BCUT2D eigenvalue weighted by atomic mass is 16.5. The van der Waals surface area contributed by atoms with Crippen molar-refractivity contribution >= 4 is 11.5 Å². The molecule has 1 N–H and O–H groups in total. The molecule has 1 aromatic heterocycles. The lowest BCUT2D eigenvalue weighted by Gasteiger charge is -2.15. The molecule has 0 aliphatic carbocycles. The molecule has 0 saturated heterocycles. The van der Waals surface area contributed by atoms with Crippen molar-refractivity contribution in [2.75, 3.05) is 5.32 Å². The quantitative estimate of drug-likeness (QED) is 0.834. The Morgan fingerprint density at radius 1 is 1.30 bits per heavy atom. The van der Waals surface area contributed by atoms with E-state index in [-0.39, 0.29) is 11.8 Å². The van der Waals surface area contributed by atoms with E-state index >= 15 is 0 Å². The number of nitrogens with one attached hydrogen (secondary N) is 1. The maximum Gasteiger partial charge on any atom is 0.162 e. The van der Waals surface area contributed by atoms with E-state index in [1.54, 1.807) is 0 Å². The molecule has 0 radical (unpaired) electrons. The Morgan fingerprint density at radius 3 is 2.45 bits per heavy atom. The zero-order valence-electron chi connectivity index (χ0n) is 12.4. The summed E-state index contributed by atoms with van der Waals surface area (Å²) in [4.78, 5) is 11.6. The average molecular weight is 272 g/mol. The number of carbonyl (C=O) groups is 1. The molecule has 4 nitrogen and oxygen atoms in total. The molecule has 1 atom stereocenters. The van der Waals surface area contributed by atoms with Crippen LogP contribution in [-0.2, 0) is 0 Å². The highest BCUT2D eigenvalue weighted by Gasteiger charge is 2.16. The molecule has 1 heterocycles. The number of hydrogen-bond donors (Lipinski definition) is 1. The van der Waals surface area contributed by atoms with Gasteiger partial charge in [-0.3, -0.25) is 4.79 Å². The molecule has 0 amide bonds. The summed E-state index contributed by atoms with van der Waals surface area (Å²) in [5.74, 6) is 0.996. The number of nitrogens with zero attached hydrogens (tertiary/aromatic N) is 1. The van der Waals surface area contributed by atoms with Crippen molar-refractivity contribution < 1.29 is 9.32 Å². The monoisotopic (exact) mass is 272 g/mol. The second-order valence-electron chi connectivity index (χ2n) is 4.96. The first-order chi connectivity index (χ1) is 9.52. The molecule has 1 unspecified atom stereocenters. The Balaban J connectivity index is 2.12. The minimum absolute atomic E-state index is 0.106. The molecule has 20 heavy (non-hydrogen) atoms. The first kappa shape index (κ1) is 14.3. The smallest absolute Gasteiger partial charge is 0.162 e. The lowest BCUT2D eigenvalue weighted by Crippen LogP contribution is -2.08. The highest BCUT2D eigenvalue weighted by Crippen LogP contribution is 2.25. The van der Waals surface area contributed by atoms with Gasteiger partial charge in [0.05, 0.1) is 11.7 Å². The highest BCUT2D eigenvalue weighted by molar-refractivity contribution is 5.96. The van der Waals surface area contributed by atoms with E-state index in [1.165, 1.54) is 0 Å². The van der Waals surface area contributed by atoms with E-state index in [1.807, 2.05) is 45.0 Å². The van der Waals surface area contributed by atoms with Crippen LogP contribution in [0.2, 0.25) is 0 Å². The number of rotatable bonds is 5. The van der Waals surface area contributed by atoms with Crippen molar-refractivity contribution in [1.29, 1.82) is 0 Å². The minimum atomic E-state index is 0.106. The van der Waals surface area contributed by atoms with Crippen LogP contribution in [0.3, 0.4) is 0 Å². The molecule has 1 aromatic carbocycles. The van der Waals surface area contributed by atoms with Gasteiger partial charge in [-0.05, 0) is 45.0 Å². The molecule has 0 fully saturated rings. The predicted molar refractivity (Wildman–Crippen MR) is 79.1 cm³/mol. The van der Waals surface area contributed by atoms with Gasteiger partial charge in [0.2, 0.25) is 0 Å². The number of Topliss-reactive ketones (excluding diaryl/α,β-unsaturated/α-hetero) is 1. The number of anilines is 1. The maximum absolute atomic E-state index is 11.6. The standard InChI is InChI=1S/C16H20N2O2/c1-5-15(19)13-6-8-14(9-7-13)17-10(2)16-11(3)18-20-12(16)4/h6-10,17H,5H2,1-4H3. The fourth-order valence-corrected chi connectivity index (χ4v) is 2.39. The summed E-state index contributed by atoms with van der Waals surface area (Å²) in [6, 6.07) is 7.67. The molecule has 0 bridgehead atoms. The molecule has 0 aliphatic rings. The maximum atomic E-state index is 11.6. The Bertz CT molecular complexity index is 580. The summed E-state index contributed by atoms with van der Waals surface area (Å²) < 4.78 is 5.18. The summed E-state index contributed by atoms with van der Waals surface area (Å²) in [6.07, 6.45) is 0.530. The first-order valence-electron chi connectivity index (χ1n) is 6.85. The normalized spacial score (nSPS) is 12.2. The molecule has 4 heteroatoms. The van der Waals surface area contributed by atoms with Crippen LogP contribution in [0.1, 0.15) is 53.7 Å².